The van der Waals surface area contributed by atoms with E-state index in [1.165, 1.54) is 23.5 Å². The van der Waals surface area contributed by atoms with E-state index in [9.17, 15) is 0 Å². The number of morpholine rings is 1. The quantitative estimate of drug-likeness (QED) is 0.609. The molecule has 1 N–H and O–H groups in total. The van der Waals surface area contributed by atoms with Crippen LogP contribution >= 0.6 is 11.8 Å². The van der Waals surface area contributed by atoms with E-state index >= 15 is 0 Å². The van der Waals surface area contributed by atoms with Gasteiger partial charge in [-0.1, -0.05) is 0 Å². The molecule has 4 rings (SSSR count). The lowest BCUT2D eigenvalue weighted by molar-refractivity contribution is -0.0121. The van der Waals surface area contributed by atoms with Gasteiger partial charge in [0.25, 0.3) is 0 Å². The van der Waals surface area contributed by atoms with E-state index in [2.05, 4.69) is 43.2 Å². The maximum absolute atomic E-state index is 5.58. The molecule has 3 saturated heterocycles. The largest absolute Gasteiger partial charge is 0.379 e. The van der Waals surface area contributed by atoms with Crippen molar-refractivity contribution < 1.29 is 4.74 Å². The van der Waals surface area contributed by atoms with Crippen LogP contribution in [0.1, 0.15) is 24.3 Å². The Kier molecular flexibility index (Phi) is 5.94. The third-order valence-electron chi connectivity index (χ3n) is 6.24. The van der Waals surface area contributed by atoms with Gasteiger partial charge in [-0.25, -0.2) is 0 Å². The molecule has 4 heterocycles. The number of nitrogens with zero attached hydrogens (tertiary/aromatic N) is 5. The fraction of sp³-hybridized carbons (Fsp3) is 0.789. The molecule has 0 amide bonds. The van der Waals surface area contributed by atoms with Crippen LogP contribution in [0.15, 0.2) is 17.4 Å². The molecule has 3 aliphatic heterocycles. The van der Waals surface area contributed by atoms with Crippen LogP contribution in [0, 0.1) is 0 Å². The van der Waals surface area contributed by atoms with Crippen LogP contribution in [0.5, 0.6) is 0 Å². The normalized spacial score (nSPS) is 30.2. The lowest BCUT2D eigenvalue weighted by Gasteiger charge is -2.43. The highest BCUT2D eigenvalue weighted by Gasteiger charge is 2.41. The highest BCUT2D eigenvalue weighted by Crippen LogP contribution is 2.34. The molecule has 1 aromatic heterocycles. The zero-order chi connectivity index (χ0) is 18.7. The molecular weight excluding hydrogens is 360 g/mol. The summed E-state index contributed by atoms with van der Waals surface area (Å²) in [5.74, 6) is 4.05. The molecule has 1 aromatic rings. The van der Waals surface area contributed by atoms with Gasteiger partial charge in [0.15, 0.2) is 5.96 Å². The van der Waals surface area contributed by atoms with E-state index in [0.717, 1.165) is 58.3 Å². The van der Waals surface area contributed by atoms with Crippen LogP contribution in [0.25, 0.3) is 0 Å². The topological polar surface area (TPSA) is 57.9 Å². The number of rotatable bonds is 4. The Hall–Kier alpha value is -1.25. The van der Waals surface area contributed by atoms with Crippen LogP contribution in [-0.4, -0.2) is 95.6 Å². The molecular formula is C19H32N6OS. The maximum Gasteiger partial charge on any atom is 0.193 e. The van der Waals surface area contributed by atoms with Crippen molar-refractivity contribution in [2.75, 3.05) is 64.5 Å². The SMILES string of the molecule is CN=C(NCC1(N2CCOCC2)CCSC1)N1CCC(c2cnn(C)c2)C1. The lowest BCUT2D eigenvalue weighted by Crippen LogP contribution is -2.60. The van der Waals surface area contributed by atoms with Gasteiger partial charge in [-0.2, -0.15) is 16.9 Å². The van der Waals surface area contributed by atoms with Crippen LogP contribution in [0.2, 0.25) is 0 Å². The summed E-state index contributed by atoms with van der Waals surface area (Å²) in [6.45, 7) is 6.87. The van der Waals surface area contributed by atoms with Gasteiger partial charge in [-0.3, -0.25) is 14.6 Å². The molecule has 2 unspecified atom stereocenters. The predicted molar refractivity (Wildman–Crippen MR) is 111 cm³/mol. The molecule has 0 spiro atoms. The third kappa shape index (κ3) is 4.12. The highest BCUT2D eigenvalue weighted by molar-refractivity contribution is 7.99. The molecule has 0 bridgehead atoms. The Morgan fingerprint density at radius 1 is 1.41 bits per heavy atom. The number of aliphatic imine (C=N–C) groups is 1. The van der Waals surface area contributed by atoms with E-state index in [1.54, 1.807) is 0 Å². The maximum atomic E-state index is 5.58. The van der Waals surface area contributed by atoms with Crippen molar-refractivity contribution in [3.8, 4) is 0 Å². The Labute approximate surface area is 166 Å². The minimum absolute atomic E-state index is 0.243. The van der Waals surface area contributed by atoms with Crippen molar-refractivity contribution in [2.24, 2.45) is 12.0 Å². The molecule has 27 heavy (non-hydrogen) atoms. The first-order chi connectivity index (χ1) is 13.2. The highest BCUT2D eigenvalue weighted by atomic mass is 32.2. The first-order valence-corrected chi connectivity index (χ1v) is 11.2. The van der Waals surface area contributed by atoms with Gasteiger partial charge >= 0.3 is 0 Å². The first-order valence-electron chi connectivity index (χ1n) is 10.0. The average molecular weight is 393 g/mol. The molecule has 7 nitrogen and oxygen atoms in total. The van der Waals surface area contributed by atoms with E-state index < -0.39 is 0 Å². The molecule has 0 saturated carbocycles. The van der Waals surface area contributed by atoms with Crippen molar-refractivity contribution >= 4 is 17.7 Å². The van der Waals surface area contributed by atoms with Crippen molar-refractivity contribution in [2.45, 2.75) is 24.3 Å². The van der Waals surface area contributed by atoms with Gasteiger partial charge in [0.1, 0.15) is 0 Å². The minimum Gasteiger partial charge on any atom is -0.379 e. The molecule has 3 aliphatic rings. The number of aromatic nitrogens is 2. The number of hydrogen-bond acceptors (Lipinski definition) is 5. The lowest BCUT2D eigenvalue weighted by atomic mass is 9.95. The van der Waals surface area contributed by atoms with Crippen molar-refractivity contribution in [3.05, 3.63) is 18.0 Å². The molecule has 0 aromatic carbocycles. The fourth-order valence-corrected chi connectivity index (χ4v) is 6.06. The second-order valence-corrected chi connectivity index (χ2v) is 9.01. The predicted octanol–water partition coefficient (Wildman–Crippen LogP) is 0.993. The zero-order valence-corrected chi connectivity index (χ0v) is 17.4. The van der Waals surface area contributed by atoms with Gasteiger partial charge in [0.05, 0.1) is 19.4 Å². The monoisotopic (exact) mass is 392 g/mol. The number of likely N-dealkylation sites (tertiary alicyclic amines) is 1. The van der Waals surface area contributed by atoms with E-state index in [0.29, 0.717) is 5.92 Å². The zero-order valence-electron chi connectivity index (χ0n) is 16.6. The Morgan fingerprint density at radius 3 is 2.93 bits per heavy atom. The minimum atomic E-state index is 0.243. The summed E-state index contributed by atoms with van der Waals surface area (Å²) in [6.07, 6.45) is 6.57. The fourth-order valence-electron chi connectivity index (χ4n) is 4.59. The molecule has 3 fully saturated rings. The van der Waals surface area contributed by atoms with E-state index in [-0.39, 0.29) is 5.54 Å². The summed E-state index contributed by atoms with van der Waals surface area (Å²) in [6, 6.07) is 0. The molecule has 150 valence electrons. The summed E-state index contributed by atoms with van der Waals surface area (Å²) >= 11 is 2.08. The summed E-state index contributed by atoms with van der Waals surface area (Å²) in [7, 11) is 3.89. The summed E-state index contributed by atoms with van der Waals surface area (Å²) < 4.78 is 7.48. The molecule has 0 radical (unpaired) electrons. The van der Waals surface area contributed by atoms with Crippen LogP contribution in [0.4, 0.5) is 0 Å². The van der Waals surface area contributed by atoms with Crippen molar-refractivity contribution in [1.29, 1.82) is 0 Å². The standard InChI is InChI=1S/C19H32N6OS/c1-20-18(24-5-3-16(13-24)17-11-22-23(2)12-17)21-14-19(4-10-27-15-19)25-6-8-26-9-7-25/h11-12,16H,3-10,13-15H2,1-2H3,(H,20,21). The first kappa shape index (κ1) is 19.1. The number of ether oxygens (including phenoxy) is 1. The Bertz CT molecular complexity index is 650. The van der Waals surface area contributed by atoms with Crippen LogP contribution in [0.3, 0.4) is 0 Å². The van der Waals surface area contributed by atoms with Gasteiger partial charge in [0.2, 0.25) is 0 Å². The summed E-state index contributed by atoms with van der Waals surface area (Å²) in [4.78, 5) is 9.66. The van der Waals surface area contributed by atoms with Gasteiger partial charge in [0, 0.05) is 70.2 Å². The van der Waals surface area contributed by atoms with Crippen molar-refractivity contribution in [1.82, 2.24) is 24.9 Å². The summed E-state index contributed by atoms with van der Waals surface area (Å²) in [5, 5.41) is 8.06. The van der Waals surface area contributed by atoms with E-state index in [4.69, 9.17) is 4.74 Å². The van der Waals surface area contributed by atoms with Crippen LogP contribution < -0.4 is 5.32 Å². The second kappa shape index (κ2) is 8.41. The number of guanidine groups is 1. The molecule has 2 atom stereocenters. The van der Waals surface area contributed by atoms with Gasteiger partial charge in [-0.05, 0) is 24.2 Å². The summed E-state index contributed by atoms with van der Waals surface area (Å²) in [5.41, 5.74) is 1.58. The second-order valence-electron chi connectivity index (χ2n) is 7.91. The van der Waals surface area contributed by atoms with Gasteiger partial charge in [-0.15, -0.1) is 0 Å². The molecule has 8 heteroatoms. The Balaban J connectivity index is 1.37. The van der Waals surface area contributed by atoms with Crippen molar-refractivity contribution in [3.63, 3.8) is 0 Å². The number of hydrogen-bond donors (Lipinski definition) is 1. The van der Waals surface area contributed by atoms with E-state index in [1.807, 2.05) is 25.0 Å². The van der Waals surface area contributed by atoms with Gasteiger partial charge < -0.3 is 15.0 Å². The number of aryl methyl sites for hydroxylation is 1. The molecule has 0 aliphatic carbocycles. The van der Waals surface area contributed by atoms with Crippen LogP contribution in [-0.2, 0) is 11.8 Å². The Morgan fingerprint density at radius 2 is 2.26 bits per heavy atom. The number of thioether (sulfide) groups is 1. The third-order valence-corrected chi connectivity index (χ3v) is 7.47. The smallest absolute Gasteiger partial charge is 0.193 e. The average Bonchev–Trinajstić information content (AvgIpc) is 3.44. The number of nitrogens with one attached hydrogen (secondary N) is 1.